The van der Waals surface area contributed by atoms with Crippen LogP contribution in [0.2, 0.25) is 10.0 Å². The Labute approximate surface area is 87.6 Å². The highest BCUT2D eigenvalue weighted by atomic mass is 35.5. The van der Waals surface area contributed by atoms with E-state index in [0.29, 0.717) is 22.4 Å². The van der Waals surface area contributed by atoms with E-state index in [1.165, 1.54) is 0 Å². The number of ether oxygens (including phenoxy) is 1. The summed E-state index contributed by atoms with van der Waals surface area (Å²) in [7, 11) is 0. The second-order valence-electron chi connectivity index (χ2n) is 2.84. The molecule has 0 bridgehead atoms. The number of hydrogen-bond acceptors (Lipinski definition) is 2. The summed E-state index contributed by atoms with van der Waals surface area (Å²) in [5.41, 5.74) is 5.53. The zero-order valence-electron chi connectivity index (χ0n) is 7.26. The van der Waals surface area contributed by atoms with E-state index in [0.717, 1.165) is 0 Å². The molecule has 1 rings (SSSR count). The Kier molecular flexibility index (Phi) is 3.85. The van der Waals surface area contributed by atoms with E-state index in [-0.39, 0.29) is 6.04 Å². The highest BCUT2D eigenvalue weighted by Crippen LogP contribution is 2.32. The molecule has 0 spiro atoms. The van der Waals surface area contributed by atoms with Gasteiger partial charge < -0.3 is 10.5 Å². The largest absolute Gasteiger partial charge is 0.489 e. The lowest BCUT2D eigenvalue weighted by atomic mass is 10.3. The van der Waals surface area contributed by atoms with Gasteiger partial charge in [0, 0.05) is 6.04 Å². The lowest BCUT2D eigenvalue weighted by molar-refractivity contribution is 0.296. The van der Waals surface area contributed by atoms with Crippen molar-refractivity contribution in [2.75, 3.05) is 6.61 Å². The van der Waals surface area contributed by atoms with Gasteiger partial charge in [-0.25, -0.2) is 0 Å². The van der Waals surface area contributed by atoms with Gasteiger partial charge in [0.1, 0.15) is 6.61 Å². The zero-order valence-corrected chi connectivity index (χ0v) is 8.77. The molecule has 4 heteroatoms. The molecule has 0 heterocycles. The molecule has 0 unspecified atom stereocenters. The van der Waals surface area contributed by atoms with Crippen LogP contribution in [0.4, 0.5) is 0 Å². The summed E-state index contributed by atoms with van der Waals surface area (Å²) in [6.45, 7) is 2.26. The highest BCUT2D eigenvalue weighted by Gasteiger charge is 2.06. The predicted molar refractivity (Wildman–Crippen MR) is 55.6 cm³/mol. The summed E-state index contributed by atoms with van der Waals surface area (Å²) >= 11 is 11.7. The van der Waals surface area contributed by atoms with Crippen molar-refractivity contribution in [2.45, 2.75) is 13.0 Å². The molecule has 2 nitrogen and oxygen atoms in total. The quantitative estimate of drug-likeness (QED) is 0.849. The van der Waals surface area contributed by atoms with Crippen molar-refractivity contribution in [3.05, 3.63) is 28.2 Å². The highest BCUT2D eigenvalue weighted by molar-refractivity contribution is 6.37. The minimum Gasteiger partial charge on any atom is -0.489 e. The summed E-state index contributed by atoms with van der Waals surface area (Å²) < 4.78 is 5.34. The van der Waals surface area contributed by atoms with Crippen LogP contribution in [0.15, 0.2) is 18.2 Å². The lowest BCUT2D eigenvalue weighted by Gasteiger charge is -2.11. The van der Waals surface area contributed by atoms with Crippen LogP contribution >= 0.6 is 23.2 Å². The Hall–Kier alpha value is -0.440. The molecule has 13 heavy (non-hydrogen) atoms. The molecule has 2 N–H and O–H groups in total. The standard InChI is InChI=1S/C9H11Cl2NO/c1-6(12)5-13-9-7(10)3-2-4-8(9)11/h2-4,6H,5,12H2,1H3/t6-/m0/s1. The molecule has 0 amide bonds. The van der Waals surface area contributed by atoms with Gasteiger partial charge in [-0.15, -0.1) is 0 Å². The van der Waals surface area contributed by atoms with Crippen molar-refractivity contribution in [1.29, 1.82) is 0 Å². The Morgan fingerprint density at radius 2 is 1.92 bits per heavy atom. The normalized spacial score (nSPS) is 12.6. The molecule has 0 saturated carbocycles. The lowest BCUT2D eigenvalue weighted by Crippen LogP contribution is -2.23. The Morgan fingerprint density at radius 3 is 2.38 bits per heavy atom. The van der Waals surface area contributed by atoms with Gasteiger partial charge in [-0.05, 0) is 19.1 Å². The molecule has 0 radical (unpaired) electrons. The van der Waals surface area contributed by atoms with Crippen LogP contribution in [-0.2, 0) is 0 Å². The van der Waals surface area contributed by atoms with E-state index in [1.54, 1.807) is 18.2 Å². The van der Waals surface area contributed by atoms with Gasteiger partial charge in [-0.3, -0.25) is 0 Å². The minimum atomic E-state index is -0.0349. The third-order valence-electron chi connectivity index (χ3n) is 1.41. The van der Waals surface area contributed by atoms with Gasteiger partial charge in [0.15, 0.2) is 5.75 Å². The van der Waals surface area contributed by atoms with Crippen molar-refractivity contribution in [3.8, 4) is 5.75 Å². The molecule has 0 saturated heterocycles. The Balaban J connectivity index is 2.75. The van der Waals surface area contributed by atoms with Crippen molar-refractivity contribution >= 4 is 23.2 Å². The molecule has 72 valence electrons. The first-order valence-corrected chi connectivity index (χ1v) is 4.69. The molecule has 0 fully saturated rings. The van der Waals surface area contributed by atoms with Crippen LogP contribution in [0.1, 0.15) is 6.92 Å². The van der Waals surface area contributed by atoms with E-state index in [4.69, 9.17) is 33.7 Å². The topological polar surface area (TPSA) is 35.2 Å². The van der Waals surface area contributed by atoms with Gasteiger partial charge >= 0.3 is 0 Å². The van der Waals surface area contributed by atoms with Crippen LogP contribution in [0.5, 0.6) is 5.75 Å². The number of rotatable bonds is 3. The zero-order chi connectivity index (χ0) is 9.84. The molecule has 0 aromatic heterocycles. The summed E-state index contributed by atoms with van der Waals surface area (Å²) in [4.78, 5) is 0. The predicted octanol–water partition coefficient (Wildman–Crippen LogP) is 2.72. The fraction of sp³-hybridized carbons (Fsp3) is 0.333. The van der Waals surface area contributed by atoms with Crippen LogP contribution in [-0.4, -0.2) is 12.6 Å². The van der Waals surface area contributed by atoms with E-state index < -0.39 is 0 Å². The first-order valence-electron chi connectivity index (χ1n) is 3.93. The van der Waals surface area contributed by atoms with E-state index >= 15 is 0 Å². The second-order valence-corrected chi connectivity index (χ2v) is 3.65. The molecule has 0 aliphatic rings. The van der Waals surface area contributed by atoms with Crippen LogP contribution in [0, 0.1) is 0 Å². The summed E-state index contributed by atoms with van der Waals surface area (Å²) in [6.07, 6.45) is 0. The molecule has 0 aliphatic carbocycles. The third-order valence-corrected chi connectivity index (χ3v) is 2.00. The van der Waals surface area contributed by atoms with Gasteiger partial charge in [0.25, 0.3) is 0 Å². The van der Waals surface area contributed by atoms with E-state index in [2.05, 4.69) is 0 Å². The van der Waals surface area contributed by atoms with E-state index in [9.17, 15) is 0 Å². The maximum absolute atomic E-state index is 5.86. The third kappa shape index (κ3) is 3.07. The molecule has 1 aromatic carbocycles. The number of halogens is 2. The SMILES string of the molecule is C[C@H](N)COc1c(Cl)cccc1Cl. The maximum atomic E-state index is 5.86. The summed E-state index contributed by atoms with van der Waals surface area (Å²) in [5, 5.41) is 1.02. The summed E-state index contributed by atoms with van der Waals surface area (Å²) in [5.74, 6) is 0.503. The molecule has 1 atom stereocenters. The van der Waals surface area contributed by atoms with Gasteiger partial charge in [-0.2, -0.15) is 0 Å². The number of nitrogens with two attached hydrogens (primary N) is 1. The Bertz CT molecular complexity index is 269. The number of hydrogen-bond donors (Lipinski definition) is 1. The molecule has 0 aliphatic heterocycles. The maximum Gasteiger partial charge on any atom is 0.156 e. The van der Waals surface area contributed by atoms with Gasteiger partial charge in [0.05, 0.1) is 10.0 Å². The van der Waals surface area contributed by atoms with Crippen LogP contribution < -0.4 is 10.5 Å². The van der Waals surface area contributed by atoms with Crippen molar-refractivity contribution < 1.29 is 4.74 Å². The van der Waals surface area contributed by atoms with Crippen molar-refractivity contribution in [2.24, 2.45) is 5.73 Å². The fourth-order valence-electron chi connectivity index (χ4n) is 0.835. The fourth-order valence-corrected chi connectivity index (χ4v) is 1.34. The van der Waals surface area contributed by atoms with E-state index in [1.807, 2.05) is 6.92 Å². The Morgan fingerprint density at radius 1 is 1.38 bits per heavy atom. The molecular formula is C9H11Cl2NO. The average molecular weight is 220 g/mol. The smallest absolute Gasteiger partial charge is 0.156 e. The number of benzene rings is 1. The molecular weight excluding hydrogens is 209 g/mol. The van der Waals surface area contributed by atoms with Crippen molar-refractivity contribution in [1.82, 2.24) is 0 Å². The monoisotopic (exact) mass is 219 g/mol. The average Bonchev–Trinajstić information content (AvgIpc) is 2.03. The van der Waals surface area contributed by atoms with Crippen LogP contribution in [0.3, 0.4) is 0 Å². The summed E-state index contributed by atoms with van der Waals surface area (Å²) in [6, 6.07) is 5.18. The van der Waals surface area contributed by atoms with Crippen molar-refractivity contribution in [3.63, 3.8) is 0 Å². The second kappa shape index (κ2) is 4.70. The number of para-hydroxylation sites is 1. The first kappa shape index (κ1) is 10.6. The first-order chi connectivity index (χ1) is 6.11. The van der Waals surface area contributed by atoms with Crippen LogP contribution in [0.25, 0.3) is 0 Å². The van der Waals surface area contributed by atoms with Gasteiger partial charge in [0.2, 0.25) is 0 Å². The van der Waals surface area contributed by atoms with Gasteiger partial charge in [-0.1, -0.05) is 29.3 Å². The minimum absolute atomic E-state index is 0.0349. The molecule has 1 aromatic rings.